The number of fused-ring (bicyclic) bond motifs is 1. The van der Waals surface area contributed by atoms with Gasteiger partial charge in [-0.25, -0.2) is 4.98 Å². The molecule has 3 nitrogen and oxygen atoms in total. The molecule has 0 atom stereocenters. The molecule has 0 spiro atoms. The van der Waals surface area contributed by atoms with Crippen molar-refractivity contribution in [3.8, 4) is 28.2 Å². The third-order valence-corrected chi connectivity index (χ3v) is 5.18. The van der Waals surface area contributed by atoms with Crippen LogP contribution < -0.4 is 0 Å². The first-order valence-electron chi connectivity index (χ1n) is 9.04. The van der Waals surface area contributed by atoms with Gasteiger partial charge in [-0.15, -0.1) is 0 Å². The lowest BCUT2D eigenvalue weighted by Crippen LogP contribution is -1.97. The largest absolute Gasteiger partial charge is 0.292 e. The van der Waals surface area contributed by atoms with Gasteiger partial charge < -0.3 is 0 Å². The predicted octanol–water partition coefficient (Wildman–Crippen LogP) is 6.52. The van der Waals surface area contributed by atoms with Crippen LogP contribution in [0.15, 0.2) is 102 Å². The summed E-state index contributed by atoms with van der Waals surface area (Å²) < 4.78 is 3.22. The van der Waals surface area contributed by atoms with Crippen molar-refractivity contribution in [2.24, 2.45) is 0 Å². The zero-order chi connectivity index (χ0) is 18.9. The van der Waals surface area contributed by atoms with E-state index in [-0.39, 0.29) is 0 Å². The van der Waals surface area contributed by atoms with Crippen LogP contribution in [0, 0.1) is 0 Å². The fourth-order valence-corrected chi connectivity index (χ4v) is 3.97. The molecule has 5 rings (SSSR count). The number of aromatic nitrogens is 3. The lowest BCUT2D eigenvalue weighted by Gasteiger charge is -2.11. The van der Waals surface area contributed by atoms with Gasteiger partial charge in [-0.1, -0.05) is 52.3 Å². The van der Waals surface area contributed by atoms with E-state index in [1.807, 2.05) is 24.4 Å². The Morgan fingerprint density at radius 1 is 0.714 bits per heavy atom. The molecule has 3 aromatic carbocycles. The second-order valence-electron chi connectivity index (χ2n) is 6.57. The number of nitrogens with zero attached hydrogens (tertiary/aromatic N) is 3. The summed E-state index contributed by atoms with van der Waals surface area (Å²) in [5, 5.41) is 0. The molecule has 0 aliphatic rings. The van der Waals surface area contributed by atoms with Crippen LogP contribution in [0.1, 0.15) is 0 Å². The molecule has 28 heavy (non-hydrogen) atoms. The van der Waals surface area contributed by atoms with Gasteiger partial charge in [-0.3, -0.25) is 9.55 Å². The molecule has 0 saturated heterocycles. The maximum Gasteiger partial charge on any atom is 0.145 e. The van der Waals surface area contributed by atoms with E-state index in [4.69, 9.17) is 4.98 Å². The Labute approximate surface area is 171 Å². The topological polar surface area (TPSA) is 30.7 Å². The van der Waals surface area contributed by atoms with E-state index < -0.39 is 0 Å². The molecule has 0 amide bonds. The van der Waals surface area contributed by atoms with E-state index in [1.54, 1.807) is 6.20 Å². The van der Waals surface area contributed by atoms with Gasteiger partial charge in [0.25, 0.3) is 0 Å². The molecule has 0 fully saturated rings. The van der Waals surface area contributed by atoms with E-state index in [9.17, 15) is 0 Å². The number of hydrogen-bond acceptors (Lipinski definition) is 2. The summed E-state index contributed by atoms with van der Waals surface area (Å²) in [5.74, 6) is 0.916. The minimum Gasteiger partial charge on any atom is -0.292 e. The second-order valence-corrected chi connectivity index (χ2v) is 7.48. The first kappa shape index (κ1) is 16.9. The highest BCUT2D eigenvalue weighted by Gasteiger charge is 2.15. The molecule has 0 saturated carbocycles. The fourth-order valence-electron chi connectivity index (χ4n) is 3.48. The molecule has 2 heterocycles. The van der Waals surface area contributed by atoms with Crippen molar-refractivity contribution in [3.63, 3.8) is 0 Å². The average Bonchev–Trinajstić information content (AvgIpc) is 3.14. The van der Waals surface area contributed by atoms with Gasteiger partial charge >= 0.3 is 0 Å². The van der Waals surface area contributed by atoms with Crippen molar-refractivity contribution < 1.29 is 0 Å². The summed E-state index contributed by atoms with van der Waals surface area (Å²) in [6, 6.07) is 29.0. The monoisotopic (exact) mass is 425 g/mol. The van der Waals surface area contributed by atoms with Crippen molar-refractivity contribution in [2.75, 3.05) is 0 Å². The summed E-state index contributed by atoms with van der Waals surface area (Å²) in [7, 11) is 0. The molecule has 0 aliphatic carbocycles. The molecular formula is C24H16BrN3. The van der Waals surface area contributed by atoms with Crippen LogP contribution in [-0.4, -0.2) is 14.5 Å². The average molecular weight is 426 g/mol. The SMILES string of the molecule is Brc1cc(-c2cccnc2)cc(-c2nc3ccccc3n2-c2ccccc2)c1. The van der Waals surface area contributed by atoms with E-state index in [0.717, 1.165) is 43.7 Å². The van der Waals surface area contributed by atoms with Crippen molar-refractivity contribution in [2.45, 2.75) is 0 Å². The predicted molar refractivity (Wildman–Crippen MR) is 117 cm³/mol. The van der Waals surface area contributed by atoms with Crippen molar-refractivity contribution in [1.29, 1.82) is 0 Å². The van der Waals surface area contributed by atoms with Crippen LogP contribution in [-0.2, 0) is 0 Å². The molecule has 0 N–H and O–H groups in total. The third kappa shape index (κ3) is 3.02. The smallest absolute Gasteiger partial charge is 0.145 e. The van der Waals surface area contributed by atoms with Gasteiger partial charge in [-0.2, -0.15) is 0 Å². The van der Waals surface area contributed by atoms with Crippen LogP contribution in [0.4, 0.5) is 0 Å². The van der Waals surface area contributed by atoms with Gasteiger partial charge in [-0.05, 0) is 54.1 Å². The Hall–Kier alpha value is -3.24. The number of hydrogen-bond donors (Lipinski definition) is 0. The minimum atomic E-state index is 0.916. The number of imidazole rings is 1. The number of halogens is 1. The van der Waals surface area contributed by atoms with Gasteiger partial charge in [0.15, 0.2) is 0 Å². The van der Waals surface area contributed by atoms with Gasteiger partial charge in [0.2, 0.25) is 0 Å². The highest BCUT2D eigenvalue weighted by atomic mass is 79.9. The van der Waals surface area contributed by atoms with Crippen LogP contribution in [0.3, 0.4) is 0 Å². The third-order valence-electron chi connectivity index (χ3n) is 4.73. The number of pyridine rings is 1. The minimum absolute atomic E-state index is 0.916. The molecule has 134 valence electrons. The molecule has 4 heteroatoms. The molecule has 0 unspecified atom stereocenters. The maximum absolute atomic E-state index is 4.96. The van der Waals surface area contributed by atoms with Gasteiger partial charge in [0.05, 0.1) is 11.0 Å². The van der Waals surface area contributed by atoms with Crippen molar-refractivity contribution in [1.82, 2.24) is 14.5 Å². The first-order chi connectivity index (χ1) is 13.8. The summed E-state index contributed by atoms with van der Waals surface area (Å²) in [6.07, 6.45) is 3.67. The van der Waals surface area contributed by atoms with Gasteiger partial charge in [0, 0.05) is 33.7 Å². The molecule has 0 bridgehead atoms. The Morgan fingerprint density at radius 3 is 2.32 bits per heavy atom. The summed E-state index contributed by atoms with van der Waals surface area (Å²) in [6.45, 7) is 0. The van der Waals surface area contributed by atoms with E-state index in [2.05, 4.69) is 92.2 Å². The molecule has 2 aromatic heterocycles. The van der Waals surface area contributed by atoms with Crippen LogP contribution in [0.5, 0.6) is 0 Å². The van der Waals surface area contributed by atoms with Crippen LogP contribution in [0.25, 0.3) is 39.2 Å². The van der Waals surface area contributed by atoms with Crippen LogP contribution in [0.2, 0.25) is 0 Å². The molecule has 5 aromatic rings. The summed E-state index contributed by atoms with van der Waals surface area (Å²) in [4.78, 5) is 9.22. The quantitative estimate of drug-likeness (QED) is 0.329. The zero-order valence-electron chi connectivity index (χ0n) is 15.0. The normalized spacial score (nSPS) is 11.0. The van der Waals surface area contributed by atoms with E-state index in [0.29, 0.717) is 0 Å². The second kappa shape index (κ2) is 7.06. The molecule has 0 radical (unpaired) electrons. The lowest BCUT2D eigenvalue weighted by atomic mass is 10.0. The first-order valence-corrected chi connectivity index (χ1v) is 9.83. The maximum atomic E-state index is 4.96. The van der Waals surface area contributed by atoms with Crippen molar-refractivity contribution >= 4 is 27.0 Å². The number of para-hydroxylation sites is 3. The van der Waals surface area contributed by atoms with Crippen molar-refractivity contribution in [3.05, 3.63) is 102 Å². The summed E-state index contributed by atoms with van der Waals surface area (Å²) >= 11 is 3.67. The number of benzene rings is 3. The zero-order valence-corrected chi connectivity index (χ0v) is 16.5. The Morgan fingerprint density at radius 2 is 1.50 bits per heavy atom. The fraction of sp³-hybridized carbons (Fsp3) is 0. The standard InChI is InChI=1S/C24H16BrN3/c25-20-14-18(17-7-6-12-26-16-17)13-19(15-20)24-27-22-10-4-5-11-23(22)28(24)21-8-2-1-3-9-21/h1-16H. The van der Waals surface area contributed by atoms with Gasteiger partial charge in [0.1, 0.15) is 5.82 Å². The summed E-state index contributed by atoms with van der Waals surface area (Å²) in [5.41, 5.74) is 6.38. The Kier molecular flexibility index (Phi) is 4.26. The Bertz CT molecular complexity index is 1260. The molecular weight excluding hydrogens is 410 g/mol. The highest BCUT2D eigenvalue weighted by molar-refractivity contribution is 9.10. The van der Waals surface area contributed by atoms with E-state index in [1.165, 1.54) is 0 Å². The van der Waals surface area contributed by atoms with E-state index >= 15 is 0 Å². The van der Waals surface area contributed by atoms with Crippen LogP contribution >= 0.6 is 15.9 Å². The highest BCUT2D eigenvalue weighted by Crippen LogP contribution is 2.33. The number of rotatable bonds is 3. The molecule has 0 aliphatic heterocycles. The Balaban J connectivity index is 1.78. The lowest BCUT2D eigenvalue weighted by molar-refractivity contribution is 1.10.